The molecule has 0 saturated carbocycles. The van der Waals surface area contributed by atoms with Crippen LogP contribution in [0, 0.1) is 0 Å². The minimum absolute atomic E-state index is 0.0937. The molecule has 3 aromatic rings. The summed E-state index contributed by atoms with van der Waals surface area (Å²) in [5.41, 5.74) is 1.67. The van der Waals surface area contributed by atoms with Crippen molar-refractivity contribution in [2.45, 2.75) is 0 Å². The van der Waals surface area contributed by atoms with Gasteiger partial charge in [-0.25, -0.2) is 4.98 Å². The van der Waals surface area contributed by atoms with Gasteiger partial charge in [0.2, 0.25) is 5.88 Å². The molecule has 7 heteroatoms. The van der Waals surface area contributed by atoms with Crippen LogP contribution >= 0.6 is 15.9 Å². The number of halogens is 1. The lowest BCUT2D eigenvalue weighted by molar-refractivity contribution is -0.118. The number of ether oxygens (including phenoxy) is 2. The number of aromatic nitrogens is 1. The van der Waals surface area contributed by atoms with E-state index in [1.165, 1.54) is 13.3 Å². The van der Waals surface area contributed by atoms with Crippen LogP contribution in [0.15, 0.2) is 71.3 Å². The Hall–Kier alpha value is -3.19. The quantitative estimate of drug-likeness (QED) is 0.559. The van der Waals surface area contributed by atoms with Crippen LogP contribution in [0.1, 0.15) is 15.9 Å². The summed E-state index contributed by atoms with van der Waals surface area (Å²) in [5.74, 6) is 0.544. The number of carbonyl (C=O) groups is 2. The highest BCUT2D eigenvalue weighted by Gasteiger charge is 2.12. The molecular weight excluding hydrogens is 424 g/mol. The molecule has 0 aliphatic carbocycles. The van der Waals surface area contributed by atoms with Gasteiger partial charge in [-0.2, -0.15) is 0 Å². The second-order valence-electron chi connectivity index (χ2n) is 5.76. The molecule has 28 heavy (non-hydrogen) atoms. The van der Waals surface area contributed by atoms with Crippen LogP contribution in [0.5, 0.6) is 11.6 Å². The fourth-order valence-corrected chi connectivity index (χ4v) is 2.89. The van der Waals surface area contributed by atoms with Gasteiger partial charge in [0.25, 0.3) is 5.91 Å². The van der Waals surface area contributed by atoms with Crippen LogP contribution in [0.4, 0.5) is 5.69 Å². The summed E-state index contributed by atoms with van der Waals surface area (Å²) in [6.45, 7) is -0.163. The number of amides is 1. The Morgan fingerprint density at radius 3 is 2.43 bits per heavy atom. The fourth-order valence-electron chi connectivity index (χ4n) is 2.42. The third-order valence-electron chi connectivity index (χ3n) is 3.83. The van der Waals surface area contributed by atoms with Gasteiger partial charge in [-0.05, 0) is 42.5 Å². The van der Waals surface area contributed by atoms with Crippen molar-refractivity contribution >= 4 is 33.3 Å². The number of hydrogen-bond donors (Lipinski definition) is 1. The number of ketones is 1. The van der Waals surface area contributed by atoms with Crippen LogP contribution in [-0.4, -0.2) is 30.4 Å². The Labute approximate surface area is 170 Å². The first-order valence-electron chi connectivity index (χ1n) is 8.39. The van der Waals surface area contributed by atoms with Gasteiger partial charge in [0.1, 0.15) is 5.75 Å². The zero-order valence-electron chi connectivity index (χ0n) is 15.0. The van der Waals surface area contributed by atoms with Gasteiger partial charge in [-0.15, -0.1) is 0 Å². The molecule has 1 heterocycles. The predicted molar refractivity (Wildman–Crippen MR) is 109 cm³/mol. The zero-order valence-corrected chi connectivity index (χ0v) is 16.6. The van der Waals surface area contributed by atoms with Crippen LogP contribution in [0.25, 0.3) is 0 Å². The lowest BCUT2D eigenvalue weighted by Gasteiger charge is -2.09. The minimum atomic E-state index is -0.319. The van der Waals surface area contributed by atoms with E-state index in [9.17, 15) is 9.59 Å². The van der Waals surface area contributed by atoms with Gasteiger partial charge >= 0.3 is 0 Å². The average Bonchev–Trinajstić information content (AvgIpc) is 2.73. The van der Waals surface area contributed by atoms with E-state index in [4.69, 9.17) is 9.47 Å². The van der Waals surface area contributed by atoms with E-state index in [0.29, 0.717) is 28.4 Å². The molecule has 1 amide bonds. The zero-order chi connectivity index (χ0) is 19.9. The summed E-state index contributed by atoms with van der Waals surface area (Å²) in [4.78, 5) is 28.5. The molecule has 0 bridgehead atoms. The lowest BCUT2D eigenvalue weighted by atomic mass is 10.0. The number of pyridine rings is 1. The molecular formula is C21H17BrN2O4. The average molecular weight is 441 g/mol. The van der Waals surface area contributed by atoms with Crippen molar-refractivity contribution < 1.29 is 19.1 Å². The number of hydrogen-bond acceptors (Lipinski definition) is 5. The highest BCUT2D eigenvalue weighted by Crippen LogP contribution is 2.21. The van der Waals surface area contributed by atoms with Crippen LogP contribution in [0.3, 0.4) is 0 Å². The topological polar surface area (TPSA) is 77.5 Å². The first kappa shape index (κ1) is 19.6. The molecule has 1 aromatic heterocycles. The molecule has 6 nitrogen and oxygen atoms in total. The van der Waals surface area contributed by atoms with Crippen LogP contribution < -0.4 is 14.8 Å². The number of benzene rings is 2. The number of carbonyl (C=O) groups excluding carboxylic acids is 2. The molecule has 0 aliphatic rings. The maximum Gasteiger partial charge on any atom is 0.262 e. The molecule has 0 saturated heterocycles. The van der Waals surface area contributed by atoms with Crippen LogP contribution in [0.2, 0.25) is 0 Å². The van der Waals surface area contributed by atoms with Crippen molar-refractivity contribution in [3.8, 4) is 11.6 Å². The molecule has 0 unspecified atom stereocenters. The first-order valence-corrected chi connectivity index (χ1v) is 9.18. The van der Waals surface area contributed by atoms with E-state index in [1.54, 1.807) is 42.5 Å². The molecule has 0 aliphatic heterocycles. The fraction of sp³-hybridized carbons (Fsp3) is 0.0952. The van der Waals surface area contributed by atoms with E-state index < -0.39 is 0 Å². The Morgan fingerprint density at radius 2 is 1.79 bits per heavy atom. The van der Waals surface area contributed by atoms with Crippen molar-refractivity contribution in [3.63, 3.8) is 0 Å². The SMILES string of the molecule is COc1ccc(NC(=O)COc2ccc(C(=O)c3ccccc3Br)cc2)cn1. The molecule has 0 atom stereocenters. The monoisotopic (exact) mass is 440 g/mol. The van der Waals surface area contributed by atoms with Crippen molar-refractivity contribution in [2.24, 2.45) is 0 Å². The minimum Gasteiger partial charge on any atom is -0.484 e. The summed E-state index contributed by atoms with van der Waals surface area (Å²) in [6.07, 6.45) is 1.50. The highest BCUT2D eigenvalue weighted by molar-refractivity contribution is 9.10. The molecule has 142 valence electrons. The van der Waals surface area contributed by atoms with E-state index >= 15 is 0 Å². The second kappa shape index (κ2) is 9.14. The largest absolute Gasteiger partial charge is 0.484 e. The highest BCUT2D eigenvalue weighted by atomic mass is 79.9. The van der Waals surface area contributed by atoms with Gasteiger partial charge < -0.3 is 14.8 Å². The number of rotatable bonds is 7. The molecule has 1 N–H and O–H groups in total. The van der Waals surface area contributed by atoms with E-state index in [0.717, 1.165) is 4.47 Å². The van der Waals surface area contributed by atoms with Gasteiger partial charge in [0.05, 0.1) is 19.0 Å². The molecule has 2 aromatic carbocycles. The van der Waals surface area contributed by atoms with E-state index in [1.807, 2.05) is 18.2 Å². The maximum absolute atomic E-state index is 12.5. The van der Waals surface area contributed by atoms with Gasteiger partial charge in [-0.1, -0.05) is 28.1 Å². The van der Waals surface area contributed by atoms with Crippen molar-refractivity contribution in [1.82, 2.24) is 4.98 Å². The van der Waals surface area contributed by atoms with Gasteiger partial charge in [0, 0.05) is 21.7 Å². The van der Waals surface area contributed by atoms with Crippen molar-refractivity contribution in [3.05, 3.63) is 82.5 Å². The number of methoxy groups -OCH3 is 1. The standard InChI is InChI=1S/C21H17BrN2O4/c1-27-20-11-8-15(12-23-20)24-19(25)13-28-16-9-6-14(7-10-16)21(26)17-4-2-3-5-18(17)22/h2-12H,13H2,1H3,(H,24,25). The number of anilines is 1. The third-order valence-corrected chi connectivity index (χ3v) is 4.53. The second-order valence-corrected chi connectivity index (χ2v) is 6.61. The van der Waals surface area contributed by atoms with Gasteiger partial charge in [0.15, 0.2) is 12.4 Å². The molecule has 0 radical (unpaired) electrons. The smallest absolute Gasteiger partial charge is 0.262 e. The Morgan fingerprint density at radius 1 is 1.04 bits per heavy atom. The van der Waals surface area contributed by atoms with Crippen molar-refractivity contribution in [2.75, 3.05) is 19.0 Å². The van der Waals surface area contributed by atoms with E-state index in [-0.39, 0.29) is 18.3 Å². The third kappa shape index (κ3) is 4.95. The van der Waals surface area contributed by atoms with Gasteiger partial charge in [-0.3, -0.25) is 9.59 Å². The predicted octanol–water partition coefficient (Wildman–Crippen LogP) is 4.10. The summed E-state index contributed by atoms with van der Waals surface area (Å²) >= 11 is 3.38. The van der Waals surface area contributed by atoms with E-state index in [2.05, 4.69) is 26.2 Å². The first-order chi connectivity index (χ1) is 13.6. The summed E-state index contributed by atoms with van der Waals surface area (Å²) in [6, 6.07) is 17.2. The number of nitrogens with one attached hydrogen (secondary N) is 1. The molecule has 0 spiro atoms. The van der Waals surface area contributed by atoms with Crippen molar-refractivity contribution in [1.29, 1.82) is 0 Å². The number of nitrogens with zero attached hydrogens (tertiary/aromatic N) is 1. The Bertz CT molecular complexity index is 972. The summed E-state index contributed by atoms with van der Waals surface area (Å²) in [5, 5.41) is 2.68. The molecule has 3 rings (SSSR count). The molecule has 0 fully saturated rings. The van der Waals surface area contributed by atoms with Crippen LogP contribution in [-0.2, 0) is 4.79 Å². The maximum atomic E-state index is 12.5. The summed E-state index contributed by atoms with van der Waals surface area (Å²) in [7, 11) is 1.52. The Balaban J connectivity index is 1.56. The Kier molecular flexibility index (Phi) is 6.39. The normalized spacial score (nSPS) is 10.2. The summed E-state index contributed by atoms with van der Waals surface area (Å²) < 4.78 is 11.2. The lowest BCUT2D eigenvalue weighted by Crippen LogP contribution is -2.20.